The van der Waals surface area contributed by atoms with E-state index in [1.807, 2.05) is 0 Å². The third kappa shape index (κ3) is 5.44. The average molecular weight is 398 g/mol. The summed E-state index contributed by atoms with van der Waals surface area (Å²) in [5, 5.41) is 0. The zero-order valence-corrected chi connectivity index (χ0v) is 12.3. The fourth-order valence-electron chi connectivity index (χ4n) is 1.03. The number of rotatable bonds is 2. The molecule has 0 saturated carbocycles. The number of phosphoric ester groups is 1. The van der Waals surface area contributed by atoms with Crippen LogP contribution in [0, 0.1) is 12.2 Å². The second kappa shape index (κ2) is 7.60. The van der Waals surface area contributed by atoms with Crippen molar-refractivity contribution in [2.75, 3.05) is 6.61 Å². The van der Waals surface area contributed by atoms with Crippen molar-refractivity contribution >= 4 is 7.82 Å². The Morgan fingerprint density at radius 1 is 1.29 bits per heavy atom. The van der Waals surface area contributed by atoms with Crippen LogP contribution in [0.1, 0.15) is 27.2 Å². The molecular formula is C7H13O4PRh2-2. The molecule has 2 radical (unpaired) electrons. The SMILES string of the molecule is CCOP1(=O)O[C-](C)C[C-](C)O1.[Rh].[Rh]. The van der Waals surface area contributed by atoms with E-state index in [1.54, 1.807) is 20.8 Å². The predicted octanol–water partition coefficient (Wildman–Crippen LogP) is 2.67. The summed E-state index contributed by atoms with van der Waals surface area (Å²) in [6.45, 7) is 5.58. The molecule has 1 rings (SSSR count). The Bertz CT molecular complexity index is 188. The van der Waals surface area contributed by atoms with Gasteiger partial charge >= 0.3 is 7.82 Å². The van der Waals surface area contributed by atoms with E-state index in [-0.39, 0.29) is 39.0 Å². The van der Waals surface area contributed by atoms with Crippen molar-refractivity contribution in [3.8, 4) is 0 Å². The van der Waals surface area contributed by atoms with Gasteiger partial charge in [0.1, 0.15) is 0 Å². The van der Waals surface area contributed by atoms with Crippen LogP contribution in [0.25, 0.3) is 0 Å². The topological polar surface area (TPSA) is 44.8 Å². The molecule has 0 unspecified atom stereocenters. The molecule has 0 spiro atoms. The van der Waals surface area contributed by atoms with Gasteiger partial charge in [-0.15, -0.1) is 0 Å². The third-order valence-corrected chi connectivity index (χ3v) is 2.97. The van der Waals surface area contributed by atoms with Crippen LogP contribution in [-0.2, 0) is 57.1 Å². The zero-order valence-electron chi connectivity index (χ0n) is 8.16. The van der Waals surface area contributed by atoms with Crippen molar-refractivity contribution in [2.45, 2.75) is 27.2 Å². The van der Waals surface area contributed by atoms with Crippen molar-refractivity contribution in [1.82, 2.24) is 0 Å². The first kappa shape index (κ1) is 17.7. The molecule has 0 N–H and O–H groups in total. The summed E-state index contributed by atoms with van der Waals surface area (Å²) >= 11 is 0. The average Bonchev–Trinajstić information content (AvgIpc) is 1.82. The Balaban J connectivity index is 0. The maximum absolute atomic E-state index is 11.5. The summed E-state index contributed by atoms with van der Waals surface area (Å²) in [4.78, 5) is 0. The van der Waals surface area contributed by atoms with E-state index in [9.17, 15) is 4.57 Å². The minimum Gasteiger partial charge on any atom is -0.465 e. The molecule has 14 heavy (non-hydrogen) atoms. The van der Waals surface area contributed by atoms with E-state index in [1.165, 1.54) is 0 Å². The Kier molecular flexibility index (Phi) is 9.63. The van der Waals surface area contributed by atoms with Gasteiger partial charge in [0.05, 0.1) is 6.61 Å². The van der Waals surface area contributed by atoms with Gasteiger partial charge in [0, 0.05) is 39.0 Å². The van der Waals surface area contributed by atoms with Crippen molar-refractivity contribution in [2.24, 2.45) is 0 Å². The van der Waals surface area contributed by atoms with E-state index >= 15 is 0 Å². The van der Waals surface area contributed by atoms with Crippen LogP contribution in [0.4, 0.5) is 0 Å². The monoisotopic (exact) mass is 398 g/mol. The predicted molar refractivity (Wildman–Crippen MR) is 43.9 cm³/mol. The molecule has 1 aliphatic heterocycles. The van der Waals surface area contributed by atoms with Crippen LogP contribution in [0.5, 0.6) is 0 Å². The van der Waals surface area contributed by atoms with Gasteiger partial charge in [0.15, 0.2) is 0 Å². The van der Waals surface area contributed by atoms with E-state index in [0.717, 1.165) is 0 Å². The Morgan fingerprint density at radius 3 is 2.07 bits per heavy atom. The van der Waals surface area contributed by atoms with Crippen molar-refractivity contribution < 1.29 is 57.1 Å². The molecule has 0 atom stereocenters. The summed E-state index contributed by atoms with van der Waals surface area (Å²) < 4.78 is 26.4. The second-order valence-corrected chi connectivity index (χ2v) is 4.15. The van der Waals surface area contributed by atoms with Crippen LogP contribution in [0.3, 0.4) is 0 Å². The molecular weight excluding hydrogens is 385 g/mol. The normalized spacial score (nSPS) is 22.2. The molecule has 0 aromatic heterocycles. The van der Waals surface area contributed by atoms with Crippen LogP contribution < -0.4 is 0 Å². The smallest absolute Gasteiger partial charge is 0.413 e. The molecule has 0 aromatic rings. The molecule has 1 heterocycles. The van der Waals surface area contributed by atoms with Gasteiger partial charge in [-0.1, -0.05) is 0 Å². The fourth-order valence-corrected chi connectivity index (χ4v) is 2.38. The number of hydrogen-bond acceptors (Lipinski definition) is 4. The second-order valence-electron chi connectivity index (χ2n) is 2.63. The van der Waals surface area contributed by atoms with Crippen LogP contribution in [0.2, 0.25) is 0 Å². The van der Waals surface area contributed by atoms with E-state index in [2.05, 4.69) is 0 Å². The number of phosphoric acid groups is 1. The summed E-state index contributed by atoms with van der Waals surface area (Å²) in [6, 6.07) is 0. The van der Waals surface area contributed by atoms with E-state index in [4.69, 9.17) is 13.6 Å². The van der Waals surface area contributed by atoms with E-state index in [0.29, 0.717) is 25.2 Å². The number of hydrogen-bond donors (Lipinski definition) is 0. The molecule has 4 nitrogen and oxygen atoms in total. The molecule has 1 fully saturated rings. The van der Waals surface area contributed by atoms with Gasteiger partial charge in [-0.25, -0.2) is 16.8 Å². The molecule has 0 bridgehead atoms. The quantitative estimate of drug-likeness (QED) is 0.408. The maximum atomic E-state index is 11.5. The molecule has 0 aliphatic carbocycles. The van der Waals surface area contributed by atoms with Gasteiger partial charge in [-0.05, 0) is 6.92 Å². The summed E-state index contributed by atoms with van der Waals surface area (Å²) in [5.41, 5.74) is 0. The summed E-state index contributed by atoms with van der Waals surface area (Å²) in [7, 11) is -3.30. The molecule has 7 heteroatoms. The van der Waals surface area contributed by atoms with E-state index < -0.39 is 7.82 Å². The first-order valence-electron chi connectivity index (χ1n) is 3.84. The fraction of sp³-hybridized carbons (Fsp3) is 0.714. The van der Waals surface area contributed by atoms with Gasteiger partial charge in [0.25, 0.3) is 0 Å². The first-order valence-corrected chi connectivity index (χ1v) is 5.30. The molecule has 90 valence electrons. The Morgan fingerprint density at radius 2 is 1.71 bits per heavy atom. The minimum atomic E-state index is -3.30. The van der Waals surface area contributed by atoms with Gasteiger partial charge in [0.2, 0.25) is 0 Å². The van der Waals surface area contributed by atoms with Crippen molar-refractivity contribution in [3.05, 3.63) is 12.2 Å². The third-order valence-electron chi connectivity index (χ3n) is 1.32. The Hall–Kier alpha value is 1.36. The largest absolute Gasteiger partial charge is 0.465 e. The zero-order chi connectivity index (χ0) is 9.19. The summed E-state index contributed by atoms with van der Waals surface area (Å²) in [6.07, 6.45) is 1.95. The van der Waals surface area contributed by atoms with Gasteiger partial charge < -0.3 is 9.05 Å². The molecule has 1 aliphatic rings. The molecule has 0 amide bonds. The van der Waals surface area contributed by atoms with Crippen molar-refractivity contribution in [3.63, 3.8) is 0 Å². The van der Waals surface area contributed by atoms with Crippen molar-refractivity contribution in [1.29, 1.82) is 0 Å². The first-order chi connectivity index (χ1) is 5.56. The van der Waals surface area contributed by atoms with Gasteiger partial charge in [-0.3, -0.25) is 10.9 Å². The van der Waals surface area contributed by atoms with Crippen LogP contribution in [-0.4, -0.2) is 6.61 Å². The minimum absolute atomic E-state index is 0. The Labute approximate surface area is 111 Å². The van der Waals surface area contributed by atoms with Crippen LogP contribution >= 0.6 is 7.82 Å². The maximum Gasteiger partial charge on any atom is 0.413 e. The molecule has 1 saturated heterocycles. The standard InChI is InChI=1S/C7H13O4P.2Rh/c1-4-9-12(8)10-6(2)5-7(3)11-12;;/h4-5H2,1-3H3;;/q-2;;. The van der Waals surface area contributed by atoms with Crippen LogP contribution in [0.15, 0.2) is 0 Å². The molecule has 0 aromatic carbocycles. The van der Waals surface area contributed by atoms with Gasteiger partial charge in [-0.2, -0.15) is 13.8 Å². The summed E-state index contributed by atoms with van der Waals surface area (Å²) in [5.74, 6) is 0.